The van der Waals surface area contributed by atoms with Crippen molar-refractivity contribution in [3.63, 3.8) is 0 Å². The zero-order chi connectivity index (χ0) is 26.0. The maximum atomic E-state index is 13.7. The minimum Gasteiger partial charge on any atom is -0.497 e. The van der Waals surface area contributed by atoms with Crippen LogP contribution >= 0.6 is 0 Å². The summed E-state index contributed by atoms with van der Waals surface area (Å²) in [7, 11) is 1.63. The Bertz CT molecular complexity index is 1050. The van der Waals surface area contributed by atoms with Crippen LogP contribution in [0.3, 0.4) is 0 Å². The topological polar surface area (TPSA) is 86.7 Å². The van der Waals surface area contributed by atoms with E-state index in [2.05, 4.69) is 10.2 Å². The van der Waals surface area contributed by atoms with Crippen LogP contribution in [0.4, 0.5) is 4.79 Å². The van der Waals surface area contributed by atoms with E-state index in [9.17, 15) is 9.59 Å². The second kappa shape index (κ2) is 13.2. The highest BCUT2D eigenvalue weighted by atomic mass is 16.5. The zero-order valence-corrected chi connectivity index (χ0v) is 21.8. The Hall–Kier alpha value is -3.43. The Morgan fingerprint density at radius 1 is 1.11 bits per heavy atom. The molecule has 1 fully saturated rings. The number of nitrogens with one attached hydrogen (secondary N) is 1. The first-order valence-corrected chi connectivity index (χ1v) is 13.0. The lowest BCUT2D eigenvalue weighted by atomic mass is 9.98. The number of rotatable bonds is 10. The maximum absolute atomic E-state index is 13.7. The average Bonchev–Trinajstić information content (AvgIpc) is 3.41. The molecule has 2 aromatic rings. The molecule has 9 heteroatoms. The van der Waals surface area contributed by atoms with Crippen LogP contribution in [0.15, 0.2) is 59.7 Å². The van der Waals surface area contributed by atoms with Gasteiger partial charge in [0.05, 0.1) is 32.1 Å². The molecular formula is C28H37N5O4. The van der Waals surface area contributed by atoms with Gasteiger partial charge in [0, 0.05) is 39.1 Å². The number of hydrogen-bond donors (Lipinski definition) is 1. The van der Waals surface area contributed by atoms with Crippen molar-refractivity contribution in [3.05, 3.63) is 65.7 Å². The summed E-state index contributed by atoms with van der Waals surface area (Å²) in [5.74, 6) is 0.565. The maximum Gasteiger partial charge on any atom is 0.317 e. The van der Waals surface area contributed by atoms with Crippen LogP contribution in [-0.2, 0) is 9.53 Å². The van der Waals surface area contributed by atoms with E-state index in [4.69, 9.17) is 14.6 Å². The Labute approximate surface area is 219 Å². The summed E-state index contributed by atoms with van der Waals surface area (Å²) in [5.41, 5.74) is 2.79. The van der Waals surface area contributed by atoms with Crippen LogP contribution in [-0.4, -0.2) is 92.1 Å². The van der Waals surface area contributed by atoms with Crippen molar-refractivity contribution in [1.82, 2.24) is 20.1 Å². The highest BCUT2D eigenvalue weighted by molar-refractivity contribution is 6.03. The van der Waals surface area contributed by atoms with Gasteiger partial charge in [-0.05, 0) is 41.8 Å². The largest absolute Gasteiger partial charge is 0.497 e. The second-order valence-electron chi connectivity index (χ2n) is 9.25. The van der Waals surface area contributed by atoms with Gasteiger partial charge >= 0.3 is 6.03 Å². The Balaban J connectivity index is 1.53. The van der Waals surface area contributed by atoms with Gasteiger partial charge in [-0.15, -0.1) is 0 Å². The fourth-order valence-electron chi connectivity index (χ4n) is 4.55. The van der Waals surface area contributed by atoms with Crippen molar-refractivity contribution in [1.29, 1.82) is 0 Å². The molecule has 0 radical (unpaired) electrons. The molecule has 0 spiro atoms. The van der Waals surface area contributed by atoms with Crippen molar-refractivity contribution >= 4 is 17.6 Å². The first-order valence-electron chi connectivity index (χ1n) is 13.0. The van der Waals surface area contributed by atoms with Gasteiger partial charge in [-0.3, -0.25) is 9.69 Å². The number of benzene rings is 2. The molecule has 198 valence electrons. The number of ether oxygens (including phenoxy) is 2. The number of nitrogens with zero attached hydrogens (tertiary/aromatic N) is 4. The van der Waals surface area contributed by atoms with Crippen LogP contribution in [0.1, 0.15) is 36.9 Å². The van der Waals surface area contributed by atoms with Gasteiger partial charge < -0.3 is 19.7 Å². The van der Waals surface area contributed by atoms with Gasteiger partial charge in [0.1, 0.15) is 12.3 Å². The van der Waals surface area contributed by atoms with E-state index in [0.717, 1.165) is 42.1 Å². The molecule has 4 rings (SSSR count). The van der Waals surface area contributed by atoms with E-state index in [1.54, 1.807) is 17.0 Å². The molecule has 0 bridgehead atoms. The second-order valence-corrected chi connectivity index (χ2v) is 9.25. The van der Waals surface area contributed by atoms with Crippen molar-refractivity contribution < 1.29 is 19.1 Å². The molecule has 9 nitrogen and oxygen atoms in total. The number of morpholine rings is 1. The number of methoxy groups -OCH3 is 1. The first kappa shape index (κ1) is 26.6. The van der Waals surface area contributed by atoms with E-state index in [-0.39, 0.29) is 24.5 Å². The highest BCUT2D eigenvalue weighted by Crippen LogP contribution is 2.33. The smallest absolute Gasteiger partial charge is 0.317 e. The zero-order valence-electron chi connectivity index (χ0n) is 21.8. The number of amides is 3. The van der Waals surface area contributed by atoms with Gasteiger partial charge in [-0.1, -0.05) is 37.3 Å². The third kappa shape index (κ3) is 7.08. The SMILES string of the molecule is CCCNC(=O)N(CCN1CCOCC1)CC(=O)N1N=C(c2ccc(OC)cc2)CC1c1ccccc1. The molecule has 0 aromatic heterocycles. The van der Waals surface area contributed by atoms with E-state index in [1.807, 2.05) is 61.5 Å². The lowest BCUT2D eigenvalue weighted by molar-refractivity contribution is -0.133. The fraction of sp³-hybridized carbons (Fsp3) is 0.464. The molecule has 3 amide bonds. The summed E-state index contributed by atoms with van der Waals surface area (Å²) in [6.07, 6.45) is 1.42. The van der Waals surface area contributed by atoms with Gasteiger partial charge in [0.15, 0.2) is 0 Å². The quantitative estimate of drug-likeness (QED) is 0.534. The standard InChI is InChI=1S/C28H37N5O4/c1-3-13-29-28(35)32(15-14-31-16-18-37-19-17-31)21-27(34)33-26(23-7-5-4-6-8-23)20-25(30-33)22-9-11-24(36-2)12-10-22/h4-12,26H,3,13-21H2,1-2H3,(H,29,35). The highest BCUT2D eigenvalue weighted by Gasteiger charge is 2.34. The van der Waals surface area contributed by atoms with Gasteiger partial charge in [-0.25, -0.2) is 9.80 Å². The number of hydrogen-bond acceptors (Lipinski definition) is 6. The van der Waals surface area contributed by atoms with E-state index in [0.29, 0.717) is 39.3 Å². The van der Waals surface area contributed by atoms with Crippen LogP contribution in [0.5, 0.6) is 5.75 Å². The number of carbonyl (C=O) groups excluding carboxylic acids is 2. The molecule has 2 aliphatic rings. The van der Waals surface area contributed by atoms with E-state index >= 15 is 0 Å². The van der Waals surface area contributed by atoms with E-state index in [1.165, 1.54) is 0 Å². The van der Waals surface area contributed by atoms with Gasteiger partial charge in [0.25, 0.3) is 5.91 Å². The van der Waals surface area contributed by atoms with E-state index < -0.39 is 0 Å². The molecule has 1 saturated heterocycles. The number of carbonyl (C=O) groups is 2. The molecule has 1 atom stereocenters. The van der Waals surface area contributed by atoms with Crippen molar-refractivity contribution in [2.24, 2.45) is 5.10 Å². The van der Waals surface area contributed by atoms with Crippen LogP contribution in [0, 0.1) is 0 Å². The van der Waals surface area contributed by atoms with Crippen LogP contribution in [0.25, 0.3) is 0 Å². The Morgan fingerprint density at radius 3 is 2.51 bits per heavy atom. The van der Waals surface area contributed by atoms with Gasteiger partial charge in [-0.2, -0.15) is 5.10 Å². The van der Waals surface area contributed by atoms with Gasteiger partial charge in [0.2, 0.25) is 0 Å². The molecule has 2 aromatic carbocycles. The molecular weight excluding hydrogens is 470 g/mol. The summed E-state index contributed by atoms with van der Waals surface area (Å²) in [6.45, 7) is 6.73. The fourth-order valence-corrected chi connectivity index (χ4v) is 4.55. The molecule has 2 heterocycles. The molecule has 0 aliphatic carbocycles. The normalized spacial score (nSPS) is 17.8. The first-order chi connectivity index (χ1) is 18.1. The minimum atomic E-state index is -0.231. The third-order valence-corrected chi connectivity index (χ3v) is 6.70. The summed E-state index contributed by atoms with van der Waals surface area (Å²) < 4.78 is 10.7. The lowest BCUT2D eigenvalue weighted by Gasteiger charge is -2.31. The average molecular weight is 508 g/mol. The third-order valence-electron chi connectivity index (χ3n) is 6.70. The predicted molar refractivity (Wildman–Crippen MR) is 143 cm³/mol. The molecule has 2 aliphatic heterocycles. The summed E-state index contributed by atoms with van der Waals surface area (Å²) >= 11 is 0. The molecule has 37 heavy (non-hydrogen) atoms. The number of urea groups is 1. The number of hydrazone groups is 1. The molecule has 1 unspecified atom stereocenters. The predicted octanol–water partition coefficient (Wildman–Crippen LogP) is 3.13. The van der Waals surface area contributed by atoms with Crippen LogP contribution < -0.4 is 10.1 Å². The van der Waals surface area contributed by atoms with Crippen molar-refractivity contribution in [2.45, 2.75) is 25.8 Å². The lowest BCUT2D eigenvalue weighted by Crippen LogP contribution is -2.49. The van der Waals surface area contributed by atoms with Crippen LogP contribution in [0.2, 0.25) is 0 Å². The Kier molecular flexibility index (Phi) is 9.51. The van der Waals surface area contributed by atoms with Crippen molar-refractivity contribution in [2.75, 3.05) is 59.6 Å². The Morgan fingerprint density at radius 2 is 1.84 bits per heavy atom. The summed E-state index contributed by atoms with van der Waals surface area (Å²) in [5, 5.41) is 9.26. The molecule has 0 saturated carbocycles. The minimum absolute atomic E-state index is 0.0391. The monoisotopic (exact) mass is 507 g/mol. The molecule has 1 N–H and O–H groups in total. The van der Waals surface area contributed by atoms with Crippen molar-refractivity contribution in [3.8, 4) is 5.75 Å². The summed E-state index contributed by atoms with van der Waals surface area (Å²) in [6, 6.07) is 17.2. The summed E-state index contributed by atoms with van der Waals surface area (Å²) in [4.78, 5) is 30.5.